The molecule has 1 amide bonds. The second-order valence-electron chi connectivity index (χ2n) is 2.75. The monoisotopic (exact) mass is 493 g/mol. The lowest BCUT2D eigenvalue weighted by molar-refractivity contribution is 0.0660. The molecule has 0 spiro atoms. The van der Waals surface area contributed by atoms with Gasteiger partial charge in [-0.2, -0.15) is 0 Å². The van der Waals surface area contributed by atoms with Crippen molar-refractivity contribution < 1.29 is 19.9 Å². The number of benzene rings is 1. The molecular weight excluding hydrogens is 494 g/mol. The van der Waals surface area contributed by atoms with Crippen LogP contribution in [0, 0.1) is 0 Å². The topological polar surface area (TPSA) is 86.6 Å². The van der Waals surface area contributed by atoms with Gasteiger partial charge >= 0.3 is 5.97 Å². The molecule has 1 rings (SSSR count). The van der Waals surface area contributed by atoms with Gasteiger partial charge < -0.3 is 5.11 Å². The van der Waals surface area contributed by atoms with Gasteiger partial charge in [0.05, 0.1) is 11.1 Å². The smallest absolute Gasteiger partial charge is 0.337 e. The molecule has 5 nitrogen and oxygen atoms in total. The maximum atomic E-state index is 11.5. The van der Waals surface area contributed by atoms with Crippen molar-refractivity contribution in [3.63, 3.8) is 0 Å². The fourth-order valence-corrected chi connectivity index (χ4v) is 3.57. The van der Waals surface area contributed by atoms with Crippen LogP contribution < -0.4 is 5.48 Å². The minimum absolute atomic E-state index is 0.193. The third-order valence-electron chi connectivity index (χ3n) is 1.81. The van der Waals surface area contributed by atoms with Gasteiger partial charge in [-0.1, -0.05) is 0 Å². The third kappa shape index (κ3) is 2.73. The number of hydrogen-bond donors (Lipinski definition) is 3. The Labute approximate surface area is 129 Å². The first-order valence-corrected chi connectivity index (χ1v) is 7.03. The lowest BCUT2D eigenvalue weighted by Crippen LogP contribution is -2.23. The van der Waals surface area contributed by atoms with Gasteiger partial charge in [-0.3, -0.25) is 10.0 Å². The van der Waals surface area contributed by atoms with Crippen LogP contribution in [0.1, 0.15) is 20.7 Å². The van der Waals surface area contributed by atoms with Crippen LogP contribution >= 0.6 is 63.7 Å². The summed E-state index contributed by atoms with van der Waals surface area (Å²) in [5.41, 5.74) is 0.944. The van der Waals surface area contributed by atoms with Crippen molar-refractivity contribution in [1.82, 2.24) is 5.48 Å². The second-order valence-corrected chi connectivity index (χ2v) is 5.92. The molecule has 0 atom stereocenters. The van der Waals surface area contributed by atoms with E-state index < -0.39 is 11.9 Å². The molecule has 0 saturated heterocycles. The standard InChI is InChI=1S/C8H3Br4NO4/c9-3-1(7(14)13-17)2(8(15)16)4(10)6(12)5(3)11/h17H,(H,13,14)(H,15,16). The van der Waals surface area contributed by atoms with Crippen LogP contribution in [-0.4, -0.2) is 22.2 Å². The van der Waals surface area contributed by atoms with Crippen LogP contribution in [0.15, 0.2) is 17.9 Å². The highest BCUT2D eigenvalue weighted by atomic mass is 79.9. The summed E-state index contributed by atoms with van der Waals surface area (Å²) >= 11 is 12.5. The Kier molecular flexibility index (Phi) is 5.14. The first-order chi connectivity index (χ1) is 7.82. The van der Waals surface area contributed by atoms with Crippen molar-refractivity contribution in [1.29, 1.82) is 0 Å². The molecule has 0 aliphatic carbocycles. The van der Waals surface area contributed by atoms with Crippen molar-refractivity contribution in [2.75, 3.05) is 0 Å². The van der Waals surface area contributed by atoms with Gasteiger partial charge in [0.15, 0.2) is 0 Å². The Morgan fingerprint density at radius 2 is 1.29 bits per heavy atom. The van der Waals surface area contributed by atoms with Gasteiger partial charge in [0.25, 0.3) is 5.91 Å². The summed E-state index contributed by atoms with van der Waals surface area (Å²) in [6.45, 7) is 0. The first kappa shape index (κ1) is 15.1. The summed E-state index contributed by atoms with van der Waals surface area (Å²) in [6.07, 6.45) is 0. The van der Waals surface area contributed by atoms with Crippen LogP contribution in [0.3, 0.4) is 0 Å². The van der Waals surface area contributed by atoms with Crippen molar-refractivity contribution >= 4 is 75.6 Å². The summed E-state index contributed by atoms with van der Waals surface area (Å²) in [6, 6.07) is 0. The first-order valence-electron chi connectivity index (χ1n) is 3.86. The number of carboxylic acid groups (broad SMARTS) is 1. The number of carboxylic acids is 1. The summed E-state index contributed by atoms with van der Waals surface area (Å²) in [4.78, 5) is 22.6. The third-order valence-corrected chi connectivity index (χ3v) is 6.58. The zero-order valence-electron chi connectivity index (χ0n) is 7.72. The van der Waals surface area contributed by atoms with Crippen LogP contribution in [0.2, 0.25) is 0 Å². The maximum Gasteiger partial charge on any atom is 0.337 e. The summed E-state index contributed by atoms with van der Waals surface area (Å²) in [5, 5.41) is 17.7. The van der Waals surface area contributed by atoms with Gasteiger partial charge in [-0.25, -0.2) is 10.3 Å². The number of hydrogen-bond acceptors (Lipinski definition) is 3. The normalized spacial score (nSPS) is 10.2. The lowest BCUT2D eigenvalue weighted by Gasteiger charge is -2.12. The van der Waals surface area contributed by atoms with E-state index in [9.17, 15) is 9.59 Å². The molecule has 0 radical (unpaired) electrons. The van der Waals surface area contributed by atoms with E-state index in [1.165, 1.54) is 5.48 Å². The molecule has 92 valence electrons. The summed E-state index contributed by atoms with van der Waals surface area (Å²) in [7, 11) is 0. The SMILES string of the molecule is O=C(O)c1c(Br)c(Br)c(Br)c(Br)c1C(=O)NO. The number of halogens is 4. The summed E-state index contributed by atoms with van der Waals surface area (Å²) in [5.74, 6) is -2.23. The molecule has 0 fully saturated rings. The maximum absolute atomic E-state index is 11.5. The zero-order valence-corrected chi connectivity index (χ0v) is 14.1. The van der Waals surface area contributed by atoms with E-state index in [1.807, 2.05) is 0 Å². The molecule has 17 heavy (non-hydrogen) atoms. The Bertz CT molecular complexity index is 517. The average Bonchev–Trinajstić information content (AvgIpc) is 2.29. The van der Waals surface area contributed by atoms with Gasteiger partial charge in [0, 0.05) is 17.9 Å². The van der Waals surface area contributed by atoms with E-state index in [0.717, 1.165) is 0 Å². The molecule has 9 heteroatoms. The Morgan fingerprint density at radius 1 is 0.882 bits per heavy atom. The van der Waals surface area contributed by atoms with E-state index in [4.69, 9.17) is 10.3 Å². The van der Waals surface area contributed by atoms with E-state index >= 15 is 0 Å². The Morgan fingerprint density at radius 3 is 1.65 bits per heavy atom. The highest BCUT2D eigenvalue weighted by molar-refractivity contribution is 9.15. The summed E-state index contributed by atoms with van der Waals surface area (Å²) < 4.78 is 1.31. The fourth-order valence-electron chi connectivity index (χ4n) is 1.10. The van der Waals surface area contributed by atoms with Crippen LogP contribution in [-0.2, 0) is 0 Å². The van der Waals surface area contributed by atoms with E-state index in [-0.39, 0.29) is 20.1 Å². The Hall–Kier alpha value is 0.0400. The minimum Gasteiger partial charge on any atom is -0.478 e. The molecule has 1 aromatic rings. The van der Waals surface area contributed by atoms with Gasteiger partial charge in [0.1, 0.15) is 0 Å². The molecule has 3 N–H and O–H groups in total. The molecule has 0 bridgehead atoms. The molecule has 0 aliphatic heterocycles. The number of amides is 1. The van der Waals surface area contributed by atoms with E-state index in [0.29, 0.717) is 8.95 Å². The zero-order chi connectivity index (χ0) is 13.3. The van der Waals surface area contributed by atoms with Crippen molar-refractivity contribution in [2.45, 2.75) is 0 Å². The molecule has 0 saturated carbocycles. The fraction of sp³-hybridized carbons (Fsp3) is 0. The number of aromatic carboxylic acids is 1. The van der Waals surface area contributed by atoms with Crippen LogP contribution in [0.4, 0.5) is 0 Å². The van der Waals surface area contributed by atoms with E-state index in [2.05, 4.69) is 63.7 Å². The van der Waals surface area contributed by atoms with Crippen LogP contribution in [0.5, 0.6) is 0 Å². The van der Waals surface area contributed by atoms with Crippen molar-refractivity contribution in [3.8, 4) is 0 Å². The molecule has 0 aliphatic rings. The van der Waals surface area contributed by atoms with Gasteiger partial charge in [-0.15, -0.1) is 0 Å². The highest BCUT2D eigenvalue weighted by Crippen LogP contribution is 2.42. The molecule has 0 heterocycles. The number of carbonyl (C=O) groups excluding carboxylic acids is 1. The number of rotatable bonds is 2. The van der Waals surface area contributed by atoms with Crippen molar-refractivity contribution in [3.05, 3.63) is 29.0 Å². The quantitative estimate of drug-likeness (QED) is 0.253. The second kappa shape index (κ2) is 5.79. The van der Waals surface area contributed by atoms with Gasteiger partial charge in [-0.05, 0) is 63.7 Å². The molecule has 0 unspecified atom stereocenters. The molecule has 1 aromatic carbocycles. The van der Waals surface area contributed by atoms with Gasteiger partial charge in [0.2, 0.25) is 0 Å². The number of carbonyl (C=O) groups is 2. The minimum atomic E-state index is -1.30. The van der Waals surface area contributed by atoms with Crippen LogP contribution in [0.25, 0.3) is 0 Å². The van der Waals surface area contributed by atoms with E-state index in [1.54, 1.807) is 0 Å². The predicted molar refractivity (Wildman–Crippen MR) is 73.5 cm³/mol. The predicted octanol–water partition coefficient (Wildman–Crippen LogP) is 3.55. The molecular formula is C8H3Br4NO4. The largest absolute Gasteiger partial charge is 0.478 e. The highest BCUT2D eigenvalue weighted by Gasteiger charge is 2.27. The number of nitrogens with one attached hydrogen (secondary N) is 1. The lowest BCUT2D eigenvalue weighted by atomic mass is 10.1. The van der Waals surface area contributed by atoms with Crippen molar-refractivity contribution in [2.24, 2.45) is 0 Å². The number of hydroxylamine groups is 1. The average molecular weight is 497 g/mol. The Balaban J connectivity index is 3.78. The molecule has 0 aromatic heterocycles.